The lowest BCUT2D eigenvalue weighted by molar-refractivity contribution is -0.288. The van der Waals surface area contributed by atoms with Crippen molar-refractivity contribution < 1.29 is 65.2 Å². The van der Waals surface area contributed by atoms with Gasteiger partial charge in [-0.05, 0) is 63.1 Å². The molecule has 0 atom stereocenters. The number of carbonyl (C=O) groups excluding carboxylic acids is 2. The minimum atomic E-state index is -6.23. The van der Waals surface area contributed by atoms with E-state index in [2.05, 4.69) is 0 Å². The molecule has 2 aromatic carbocycles. The number of hydrogen-bond donors (Lipinski definition) is 2. The van der Waals surface area contributed by atoms with Gasteiger partial charge in [0.1, 0.15) is 0 Å². The van der Waals surface area contributed by atoms with E-state index in [0.29, 0.717) is 12.1 Å². The van der Waals surface area contributed by atoms with Gasteiger partial charge in [-0.25, -0.2) is 19.2 Å². The van der Waals surface area contributed by atoms with Gasteiger partial charge in [0.2, 0.25) is 5.41 Å². The van der Waals surface area contributed by atoms with E-state index in [0.717, 1.165) is 0 Å². The molecular weight excluding hydrogens is 542 g/mol. The van der Waals surface area contributed by atoms with Crippen molar-refractivity contribution in [3.8, 4) is 0 Å². The number of carbonyl (C=O) groups is 4. The van der Waals surface area contributed by atoms with Crippen molar-refractivity contribution in [3.63, 3.8) is 0 Å². The predicted molar refractivity (Wildman–Crippen MR) is 121 cm³/mol. The lowest BCUT2D eigenvalue weighted by Gasteiger charge is -2.38. The minimum absolute atomic E-state index is 0.0294. The third-order valence-electron chi connectivity index (χ3n) is 5.34. The molecule has 0 amide bonds. The van der Waals surface area contributed by atoms with Crippen LogP contribution in [0.4, 0.5) is 26.3 Å². The van der Waals surface area contributed by atoms with E-state index in [1.165, 1.54) is 27.7 Å². The number of carboxylic acids is 2. The highest BCUT2D eigenvalue weighted by atomic mass is 19.4. The zero-order valence-corrected chi connectivity index (χ0v) is 20.7. The maximum Gasteiger partial charge on any atom is 0.411 e. The molecule has 212 valence electrons. The first-order chi connectivity index (χ1) is 17.7. The van der Waals surface area contributed by atoms with Crippen LogP contribution in [0.15, 0.2) is 36.4 Å². The van der Waals surface area contributed by atoms with Crippen molar-refractivity contribution in [2.45, 2.75) is 57.7 Å². The molecule has 14 heteroatoms. The summed E-state index contributed by atoms with van der Waals surface area (Å²) in [6.07, 6.45) is -14.0. The fourth-order valence-corrected chi connectivity index (χ4v) is 3.80. The Morgan fingerprint density at radius 2 is 0.923 bits per heavy atom. The van der Waals surface area contributed by atoms with Crippen molar-refractivity contribution >= 4 is 23.9 Å². The van der Waals surface area contributed by atoms with E-state index >= 15 is 0 Å². The number of esters is 2. The van der Waals surface area contributed by atoms with Crippen LogP contribution in [0.1, 0.15) is 80.3 Å². The van der Waals surface area contributed by atoms with E-state index < -0.39 is 87.2 Å². The van der Waals surface area contributed by atoms with Crippen LogP contribution in [0.25, 0.3) is 0 Å². The molecular formula is C25H22F6O8. The second-order valence-electron chi connectivity index (χ2n) is 8.78. The van der Waals surface area contributed by atoms with Gasteiger partial charge < -0.3 is 19.7 Å². The summed E-state index contributed by atoms with van der Waals surface area (Å²) in [6.45, 7) is 5.52. The van der Waals surface area contributed by atoms with Crippen LogP contribution in [0.5, 0.6) is 0 Å². The summed E-state index contributed by atoms with van der Waals surface area (Å²) >= 11 is 0. The molecule has 8 nitrogen and oxygen atoms in total. The topological polar surface area (TPSA) is 127 Å². The van der Waals surface area contributed by atoms with Crippen LogP contribution in [0.3, 0.4) is 0 Å². The largest absolute Gasteiger partial charge is 0.478 e. The highest BCUT2D eigenvalue weighted by molar-refractivity contribution is 6.03. The first-order valence-corrected chi connectivity index (χ1v) is 11.1. The van der Waals surface area contributed by atoms with Gasteiger partial charge in [-0.2, -0.15) is 26.3 Å². The first kappa shape index (κ1) is 31.1. The normalized spacial score (nSPS) is 12.4. The number of alkyl halides is 6. The number of aromatic carboxylic acids is 2. The van der Waals surface area contributed by atoms with Crippen LogP contribution in [-0.4, -0.2) is 58.7 Å². The van der Waals surface area contributed by atoms with Gasteiger partial charge in [0.25, 0.3) is 0 Å². The second-order valence-corrected chi connectivity index (χ2v) is 8.78. The Hall–Kier alpha value is -4.10. The second kappa shape index (κ2) is 10.9. The molecule has 2 N–H and O–H groups in total. The quantitative estimate of drug-likeness (QED) is 0.312. The third-order valence-corrected chi connectivity index (χ3v) is 5.34. The van der Waals surface area contributed by atoms with E-state index in [1.807, 2.05) is 0 Å². The van der Waals surface area contributed by atoms with E-state index in [9.17, 15) is 55.7 Å². The van der Waals surface area contributed by atoms with Gasteiger partial charge in [-0.15, -0.1) is 0 Å². The van der Waals surface area contributed by atoms with E-state index in [-0.39, 0.29) is 24.3 Å². The van der Waals surface area contributed by atoms with Crippen molar-refractivity contribution in [1.82, 2.24) is 0 Å². The molecule has 0 aliphatic heterocycles. The number of rotatable bonds is 8. The van der Waals surface area contributed by atoms with Gasteiger partial charge in [0.05, 0.1) is 34.5 Å². The standard InChI is InChI=1S/C25H22F6O8/c1-11(2)38-21(36)15-7-5-13(9-17(15)19(32)33)23(24(26,27)28,25(29,30)31)14-6-8-16(18(10-14)20(34)35)22(37)39-12(3)4/h5-12H,1-4H3,(H,32,33)(H,34,35). The van der Waals surface area contributed by atoms with Crippen molar-refractivity contribution in [2.24, 2.45) is 0 Å². The molecule has 39 heavy (non-hydrogen) atoms. The Bertz CT molecular complexity index is 1190. The molecule has 2 aromatic rings. The van der Waals surface area contributed by atoms with Crippen LogP contribution >= 0.6 is 0 Å². The zero-order chi connectivity index (χ0) is 30.1. The Morgan fingerprint density at radius 3 is 1.15 bits per heavy atom. The average Bonchev–Trinajstić information content (AvgIpc) is 2.76. The van der Waals surface area contributed by atoms with Crippen LogP contribution in [-0.2, 0) is 14.9 Å². The summed E-state index contributed by atoms with van der Waals surface area (Å²) in [4.78, 5) is 48.1. The molecule has 0 saturated carbocycles. The van der Waals surface area contributed by atoms with Gasteiger partial charge in [0, 0.05) is 0 Å². The number of benzene rings is 2. The first-order valence-electron chi connectivity index (χ1n) is 11.1. The van der Waals surface area contributed by atoms with Gasteiger partial charge in [-0.3, -0.25) is 0 Å². The molecule has 2 rings (SSSR count). The molecule has 0 aliphatic rings. The van der Waals surface area contributed by atoms with Crippen molar-refractivity contribution in [2.75, 3.05) is 0 Å². The van der Waals surface area contributed by atoms with E-state index in [4.69, 9.17) is 9.47 Å². The smallest absolute Gasteiger partial charge is 0.411 e. The molecule has 0 saturated heterocycles. The summed E-state index contributed by atoms with van der Waals surface area (Å²) in [5.74, 6) is -6.66. The summed E-state index contributed by atoms with van der Waals surface area (Å²) in [5, 5.41) is 19.0. The fourth-order valence-electron chi connectivity index (χ4n) is 3.80. The van der Waals surface area contributed by atoms with Gasteiger partial charge in [0.15, 0.2) is 0 Å². The third kappa shape index (κ3) is 5.99. The molecule has 0 unspecified atom stereocenters. The number of ether oxygens (including phenoxy) is 2. The van der Waals surface area contributed by atoms with Crippen LogP contribution in [0.2, 0.25) is 0 Å². The Balaban J connectivity index is 3.00. The summed E-state index contributed by atoms with van der Waals surface area (Å²) < 4.78 is 97.1. The monoisotopic (exact) mass is 564 g/mol. The summed E-state index contributed by atoms with van der Waals surface area (Å²) in [6, 6.07) is 1.46. The van der Waals surface area contributed by atoms with Crippen molar-refractivity contribution in [1.29, 1.82) is 0 Å². The molecule has 0 heterocycles. The molecule has 0 fully saturated rings. The Labute approximate surface area is 217 Å². The predicted octanol–water partition coefficient (Wildman–Crippen LogP) is 5.62. The van der Waals surface area contributed by atoms with Crippen LogP contribution in [0, 0.1) is 0 Å². The maximum absolute atomic E-state index is 14.6. The van der Waals surface area contributed by atoms with Crippen molar-refractivity contribution in [3.05, 3.63) is 69.8 Å². The molecule has 0 aliphatic carbocycles. The molecule has 0 spiro atoms. The number of halogens is 6. The average molecular weight is 564 g/mol. The van der Waals surface area contributed by atoms with E-state index in [1.54, 1.807) is 0 Å². The lowest BCUT2D eigenvalue weighted by atomic mass is 9.71. The lowest BCUT2D eigenvalue weighted by Crippen LogP contribution is -2.55. The molecule has 0 bridgehead atoms. The highest BCUT2D eigenvalue weighted by Crippen LogP contribution is 2.56. The summed E-state index contributed by atoms with van der Waals surface area (Å²) in [5.41, 5.74) is -12.4. The maximum atomic E-state index is 14.6. The summed E-state index contributed by atoms with van der Waals surface area (Å²) in [7, 11) is 0. The van der Waals surface area contributed by atoms with Gasteiger partial charge >= 0.3 is 36.2 Å². The molecule has 0 radical (unpaired) electrons. The zero-order valence-electron chi connectivity index (χ0n) is 20.7. The SMILES string of the molecule is CC(C)OC(=O)c1ccc(C(c2ccc(C(=O)OC(C)C)c(C(=O)O)c2)(C(F)(F)F)C(F)(F)F)cc1C(=O)O. The fraction of sp³-hybridized carbons (Fsp3) is 0.360. The number of hydrogen-bond acceptors (Lipinski definition) is 6. The number of carboxylic acid groups (broad SMARTS) is 2. The minimum Gasteiger partial charge on any atom is -0.478 e. The Kier molecular flexibility index (Phi) is 8.73. The Morgan fingerprint density at radius 1 is 0.615 bits per heavy atom. The van der Waals surface area contributed by atoms with Crippen LogP contribution < -0.4 is 0 Å². The highest BCUT2D eigenvalue weighted by Gasteiger charge is 2.72. The van der Waals surface area contributed by atoms with Gasteiger partial charge in [-0.1, -0.05) is 12.1 Å². The molecule has 0 aromatic heterocycles.